The molecule has 2 heterocycles. The molecular weight excluding hydrogens is 275 g/mol. The lowest BCUT2D eigenvalue weighted by Gasteiger charge is -2.19. The summed E-state index contributed by atoms with van der Waals surface area (Å²) in [4.78, 5) is 11.4. The van der Waals surface area contributed by atoms with Crippen molar-refractivity contribution < 1.29 is 4.39 Å². The van der Waals surface area contributed by atoms with Crippen LogP contribution in [-0.2, 0) is 6.54 Å². The normalized spacial score (nSPS) is 10.9. The summed E-state index contributed by atoms with van der Waals surface area (Å²) in [6.45, 7) is 0.402. The minimum Gasteiger partial charge on any atom is -0.383 e. The summed E-state index contributed by atoms with van der Waals surface area (Å²) in [5.41, 5.74) is 6.42. The van der Waals surface area contributed by atoms with Gasteiger partial charge in [-0.25, -0.2) is 14.4 Å². The van der Waals surface area contributed by atoms with E-state index in [1.54, 1.807) is 30.1 Å². The Kier molecular flexibility index (Phi) is 3.23. The van der Waals surface area contributed by atoms with E-state index < -0.39 is 0 Å². The van der Waals surface area contributed by atoms with E-state index in [-0.39, 0.29) is 5.82 Å². The fraction of sp³-hybridized carbons (Fsp3) is 0.143. The van der Waals surface area contributed by atoms with E-state index in [1.165, 1.54) is 17.4 Å². The van der Waals surface area contributed by atoms with Crippen LogP contribution in [0.1, 0.15) is 5.82 Å². The van der Waals surface area contributed by atoms with Crippen molar-refractivity contribution in [1.29, 1.82) is 0 Å². The molecule has 0 saturated heterocycles. The third-order valence-corrected chi connectivity index (χ3v) is 3.85. The largest absolute Gasteiger partial charge is 0.383 e. The highest BCUT2D eigenvalue weighted by Gasteiger charge is 2.11. The zero-order valence-electron chi connectivity index (χ0n) is 10.9. The van der Waals surface area contributed by atoms with Gasteiger partial charge in [-0.2, -0.15) is 0 Å². The molecule has 0 fully saturated rings. The van der Waals surface area contributed by atoms with E-state index in [0.717, 1.165) is 10.2 Å². The van der Waals surface area contributed by atoms with Gasteiger partial charge in [0.15, 0.2) is 5.82 Å². The van der Waals surface area contributed by atoms with Crippen LogP contribution in [-0.4, -0.2) is 17.0 Å². The van der Waals surface area contributed by atoms with Gasteiger partial charge in [0.1, 0.15) is 16.5 Å². The molecule has 102 valence electrons. The van der Waals surface area contributed by atoms with Crippen LogP contribution in [0.25, 0.3) is 10.2 Å². The second-order valence-corrected chi connectivity index (χ2v) is 5.37. The predicted octanol–water partition coefficient (Wildman–Crippen LogP) is 3.05. The molecule has 0 aliphatic carbocycles. The topological polar surface area (TPSA) is 55.0 Å². The number of nitrogens with zero attached hydrogens (tertiary/aromatic N) is 3. The van der Waals surface area contributed by atoms with Crippen LogP contribution >= 0.6 is 11.3 Å². The van der Waals surface area contributed by atoms with Gasteiger partial charge < -0.3 is 10.6 Å². The van der Waals surface area contributed by atoms with Crippen molar-refractivity contribution in [3.63, 3.8) is 0 Å². The lowest BCUT2D eigenvalue weighted by Crippen LogP contribution is -2.19. The molecule has 6 heteroatoms. The third kappa shape index (κ3) is 2.30. The van der Waals surface area contributed by atoms with E-state index in [4.69, 9.17) is 5.73 Å². The molecule has 0 unspecified atom stereocenters. The lowest BCUT2D eigenvalue weighted by atomic mass is 10.3. The standard InChI is InChI=1S/C14H13FN4S/c1-19(11-5-3-2-4-10(11)15)8-12-17-13(16)9-6-7-20-14(9)18-12/h2-7H,8H2,1H3,(H2,16,17,18). The van der Waals surface area contributed by atoms with Gasteiger partial charge in [-0.05, 0) is 23.6 Å². The molecule has 0 radical (unpaired) electrons. The Bertz CT molecular complexity index is 756. The molecule has 4 nitrogen and oxygen atoms in total. The molecule has 2 N–H and O–H groups in total. The molecule has 1 aromatic carbocycles. The zero-order valence-corrected chi connectivity index (χ0v) is 11.7. The third-order valence-electron chi connectivity index (χ3n) is 3.04. The highest BCUT2D eigenvalue weighted by atomic mass is 32.1. The highest BCUT2D eigenvalue weighted by Crippen LogP contribution is 2.24. The number of para-hydroxylation sites is 1. The van der Waals surface area contributed by atoms with Crippen LogP contribution in [0.15, 0.2) is 35.7 Å². The average Bonchev–Trinajstić information content (AvgIpc) is 2.88. The first kappa shape index (κ1) is 12.8. The van der Waals surface area contributed by atoms with Crippen LogP contribution in [0, 0.1) is 5.82 Å². The smallest absolute Gasteiger partial charge is 0.151 e. The number of aromatic nitrogens is 2. The summed E-state index contributed by atoms with van der Waals surface area (Å²) in [6.07, 6.45) is 0. The lowest BCUT2D eigenvalue weighted by molar-refractivity contribution is 0.621. The Morgan fingerprint density at radius 3 is 2.85 bits per heavy atom. The predicted molar refractivity (Wildman–Crippen MR) is 80.3 cm³/mol. The Morgan fingerprint density at radius 2 is 2.05 bits per heavy atom. The van der Waals surface area contributed by atoms with E-state index in [0.29, 0.717) is 23.9 Å². The summed E-state index contributed by atoms with van der Waals surface area (Å²) in [6, 6.07) is 8.52. The SMILES string of the molecule is CN(Cc1nc(N)c2ccsc2n1)c1ccccc1F. The maximum Gasteiger partial charge on any atom is 0.151 e. The second kappa shape index (κ2) is 5.05. The van der Waals surface area contributed by atoms with E-state index in [9.17, 15) is 4.39 Å². The van der Waals surface area contributed by atoms with E-state index in [1.807, 2.05) is 11.4 Å². The van der Waals surface area contributed by atoms with Crippen molar-refractivity contribution in [3.05, 3.63) is 47.4 Å². The van der Waals surface area contributed by atoms with Crippen molar-refractivity contribution in [1.82, 2.24) is 9.97 Å². The van der Waals surface area contributed by atoms with Crippen LogP contribution in [0.5, 0.6) is 0 Å². The highest BCUT2D eigenvalue weighted by molar-refractivity contribution is 7.16. The molecule has 0 aliphatic rings. The van der Waals surface area contributed by atoms with Crippen molar-refractivity contribution >= 4 is 33.1 Å². The number of nitrogen functional groups attached to an aromatic ring is 1. The second-order valence-electron chi connectivity index (χ2n) is 4.47. The summed E-state index contributed by atoms with van der Waals surface area (Å²) in [5.74, 6) is 0.788. The van der Waals surface area contributed by atoms with Crippen LogP contribution in [0.2, 0.25) is 0 Å². The minimum atomic E-state index is -0.264. The van der Waals surface area contributed by atoms with Gasteiger partial charge >= 0.3 is 0 Å². The number of halogens is 1. The first-order valence-corrected chi connectivity index (χ1v) is 6.98. The molecule has 0 atom stereocenters. The van der Waals surface area contributed by atoms with Gasteiger partial charge in [-0.15, -0.1) is 11.3 Å². The Hall–Kier alpha value is -2.21. The van der Waals surface area contributed by atoms with Crippen LogP contribution in [0.3, 0.4) is 0 Å². The maximum absolute atomic E-state index is 13.7. The van der Waals surface area contributed by atoms with Crippen molar-refractivity contribution in [2.75, 3.05) is 17.7 Å². The number of hydrogen-bond donors (Lipinski definition) is 1. The molecule has 3 rings (SSSR count). The zero-order chi connectivity index (χ0) is 14.1. The molecule has 0 aliphatic heterocycles. The number of rotatable bonds is 3. The summed E-state index contributed by atoms with van der Waals surface area (Å²) < 4.78 is 13.7. The fourth-order valence-corrected chi connectivity index (χ4v) is 2.84. The minimum absolute atomic E-state index is 0.264. The number of anilines is 2. The quantitative estimate of drug-likeness (QED) is 0.805. The monoisotopic (exact) mass is 288 g/mol. The van der Waals surface area contributed by atoms with Crippen LogP contribution in [0.4, 0.5) is 15.9 Å². The summed E-state index contributed by atoms with van der Waals surface area (Å²) in [5, 5.41) is 2.80. The van der Waals surface area contributed by atoms with Gasteiger partial charge in [-0.3, -0.25) is 0 Å². The van der Waals surface area contributed by atoms with Gasteiger partial charge in [0.25, 0.3) is 0 Å². The van der Waals surface area contributed by atoms with Gasteiger partial charge in [0, 0.05) is 7.05 Å². The Labute approximate surface area is 119 Å². The molecular formula is C14H13FN4S. The van der Waals surface area contributed by atoms with Gasteiger partial charge in [0.2, 0.25) is 0 Å². The van der Waals surface area contributed by atoms with Crippen LogP contribution < -0.4 is 10.6 Å². The van der Waals surface area contributed by atoms with E-state index in [2.05, 4.69) is 9.97 Å². The van der Waals surface area contributed by atoms with Crippen molar-refractivity contribution in [2.24, 2.45) is 0 Å². The first-order chi connectivity index (χ1) is 9.65. The van der Waals surface area contributed by atoms with E-state index >= 15 is 0 Å². The maximum atomic E-state index is 13.7. The van der Waals surface area contributed by atoms with Crippen molar-refractivity contribution in [2.45, 2.75) is 6.54 Å². The molecule has 0 saturated carbocycles. The van der Waals surface area contributed by atoms with Gasteiger partial charge in [0.05, 0.1) is 17.6 Å². The van der Waals surface area contributed by atoms with Crippen molar-refractivity contribution in [3.8, 4) is 0 Å². The molecule has 3 aromatic rings. The number of hydrogen-bond acceptors (Lipinski definition) is 5. The fourth-order valence-electron chi connectivity index (χ4n) is 2.05. The average molecular weight is 288 g/mol. The number of fused-ring (bicyclic) bond motifs is 1. The summed E-state index contributed by atoms with van der Waals surface area (Å²) in [7, 11) is 1.80. The number of thiophene rings is 1. The Balaban J connectivity index is 1.91. The summed E-state index contributed by atoms with van der Waals surface area (Å²) >= 11 is 1.52. The molecule has 0 amide bonds. The first-order valence-electron chi connectivity index (χ1n) is 6.10. The number of benzene rings is 1. The molecule has 20 heavy (non-hydrogen) atoms. The molecule has 0 bridgehead atoms. The van der Waals surface area contributed by atoms with Gasteiger partial charge in [-0.1, -0.05) is 12.1 Å². The molecule has 2 aromatic heterocycles. The number of nitrogens with two attached hydrogens (primary N) is 1. The molecule has 0 spiro atoms. The Morgan fingerprint density at radius 1 is 1.25 bits per heavy atom.